The van der Waals surface area contributed by atoms with E-state index >= 15 is 0 Å². The molecular weight excluding hydrogens is 214 g/mol. The van der Waals surface area contributed by atoms with Crippen molar-refractivity contribution in [3.05, 3.63) is 17.5 Å². The average molecular weight is 223 g/mol. The van der Waals surface area contributed by atoms with E-state index in [9.17, 15) is 8.42 Å². The lowest BCUT2D eigenvalue weighted by Crippen LogP contribution is -2.07. The first kappa shape index (κ1) is 10.1. The van der Waals surface area contributed by atoms with Crippen LogP contribution in [0, 0.1) is 11.3 Å². The number of sulfone groups is 1. The highest BCUT2D eigenvalue weighted by Crippen LogP contribution is 2.40. The maximum absolute atomic E-state index is 11.2. The van der Waals surface area contributed by atoms with Gasteiger partial charge in [-0.25, -0.2) is 18.4 Å². The van der Waals surface area contributed by atoms with Crippen LogP contribution in [0.1, 0.15) is 30.0 Å². The quantitative estimate of drug-likeness (QED) is 0.686. The molecule has 0 atom stereocenters. The normalized spacial score (nSPS) is 16.0. The third-order valence-corrected chi connectivity index (χ3v) is 3.11. The molecule has 0 aromatic carbocycles. The summed E-state index contributed by atoms with van der Waals surface area (Å²) in [7, 11) is -3.43. The fourth-order valence-corrected chi connectivity index (χ4v) is 1.84. The van der Waals surface area contributed by atoms with E-state index in [0.29, 0.717) is 5.92 Å². The van der Waals surface area contributed by atoms with Crippen molar-refractivity contribution in [1.29, 1.82) is 5.26 Å². The second-order valence-electron chi connectivity index (χ2n) is 3.61. The average Bonchev–Trinajstić information content (AvgIpc) is 2.98. The van der Waals surface area contributed by atoms with Crippen molar-refractivity contribution >= 4 is 9.84 Å². The van der Waals surface area contributed by atoms with Crippen LogP contribution >= 0.6 is 0 Å². The summed E-state index contributed by atoms with van der Waals surface area (Å²) < 4.78 is 22.3. The SMILES string of the molecule is CS(=O)(=O)c1ncc(C2CC2)c(C#N)n1. The Hall–Kier alpha value is -1.48. The van der Waals surface area contributed by atoms with E-state index in [4.69, 9.17) is 5.26 Å². The number of nitrogens with zero attached hydrogens (tertiary/aromatic N) is 3. The first-order chi connectivity index (χ1) is 7.02. The van der Waals surface area contributed by atoms with Crippen LogP contribution < -0.4 is 0 Å². The minimum atomic E-state index is -3.43. The largest absolute Gasteiger partial charge is 0.248 e. The first-order valence-corrected chi connectivity index (χ1v) is 6.38. The Labute approximate surface area is 87.7 Å². The van der Waals surface area contributed by atoms with Crippen LogP contribution in [0.3, 0.4) is 0 Å². The summed E-state index contributed by atoms with van der Waals surface area (Å²) >= 11 is 0. The van der Waals surface area contributed by atoms with Gasteiger partial charge >= 0.3 is 0 Å². The molecule has 1 fully saturated rings. The predicted octanol–water partition coefficient (Wildman–Crippen LogP) is 0.629. The van der Waals surface area contributed by atoms with Gasteiger partial charge in [0.1, 0.15) is 11.8 Å². The van der Waals surface area contributed by atoms with Crippen LogP contribution in [-0.4, -0.2) is 24.6 Å². The van der Waals surface area contributed by atoms with Crippen molar-refractivity contribution in [3.8, 4) is 6.07 Å². The third kappa shape index (κ3) is 1.97. The lowest BCUT2D eigenvalue weighted by Gasteiger charge is -2.01. The van der Waals surface area contributed by atoms with Crippen molar-refractivity contribution in [3.63, 3.8) is 0 Å². The van der Waals surface area contributed by atoms with E-state index in [1.807, 2.05) is 6.07 Å². The molecular formula is C9H9N3O2S. The van der Waals surface area contributed by atoms with E-state index in [1.54, 1.807) is 0 Å². The van der Waals surface area contributed by atoms with Gasteiger partial charge in [0, 0.05) is 18.0 Å². The van der Waals surface area contributed by atoms with Crippen molar-refractivity contribution in [2.75, 3.05) is 6.26 Å². The predicted molar refractivity (Wildman–Crippen MR) is 51.8 cm³/mol. The van der Waals surface area contributed by atoms with Gasteiger partial charge in [-0.3, -0.25) is 0 Å². The molecule has 15 heavy (non-hydrogen) atoms. The Morgan fingerprint density at radius 2 is 2.20 bits per heavy atom. The topological polar surface area (TPSA) is 83.7 Å². The van der Waals surface area contributed by atoms with Crippen LogP contribution in [-0.2, 0) is 9.84 Å². The summed E-state index contributed by atoms with van der Waals surface area (Å²) in [6, 6.07) is 1.91. The minimum Gasteiger partial charge on any atom is -0.226 e. The molecule has 1 aromatic heterocycles. The molecule has 1 aliphatic carbocycles. The zero-order chi connectivity index (χ0) is 11.1. The zero-order valence-electron chi connectivity index (χ0n) is 8.14. The molecule has 0 spiro atoms. The highest BCUT2D eigenvalue weighted by molar-refractivity contribution is 7.90. The molecule has 6 heteroatoms. The number of rotatable bonds is 2. The molecule has 0 radical (unpaired) electrons. The fraction of sp³-hybridized carbons (Fsp3) is 0.444. The van der Waals surface area contributed by atoms with Crippen molar-refractivity contribution in [2.24, 2.45) is 0 Å². The van der Waals surface area contributed by atoms with E-state index in [1.165, 1.54) is 6.20 Å². The summed E-state index contributed by atoms with van der Waals surface area (Å²) in [5, 5.41) is 8.58. The van der Waals surface area contributed by atoms with Gasteiger partial charge in [0.15, 0.2) is 0 Å². The van der Waals surface area contributed by atoms with Gasteiger partial charge < -0.3 is 0 Å². The molecule has 1 heterocycles. The second-order valence-corrected chi connectivity index (χ2v) is 5.52. The maximum Gasteiger partial charge on any atom is 0.248 e. The molecule has 0 saturated heterocycles. The Kier molecular flexibility index (Phi) is 2.20. The molecule has 1 aliphatic rings. The summed E-state index contributed by atoms with van der Waals surface area (Å²) in [6.07, 6.45) is 4.53. The van der Waals surface area contributed by atoms with Gasteiger partial charge in [0.05, 0.1) is 0 Å². The third-order valence-electron chi connectivity index (χ3n) is 2.25. The second kappa shape index (κ2) is 3.28. The lowest BCUT2D eigenvalue weighted by atomic mass is 10.1. The van der Waals surface area contributed by atoms with Crippen LogP contribution in [0.25, 0.3) is 0 Å². The minimum absolute atomic E-state index is 0.188. The van der Waals surface area contributed by atoms with Crippen LogP contribution in [0.15, 0.2) is 11.4 Å². The van der Waals surface area contributed by atoms with E-state index < -0.39 is 9.84 Å². The highest BCUT2D eigenvalue weighted by Gasteiger charge is 2.28. The summed E-state index contributed by atoms with van der Waals surface area (Å²) in [6.45, 7) is 0. The molecule has 5 nitrogen and oxygen atoms in total. The van der Waals surface area contributed by atoms with Crippen LogP contribution in [0.4, 0.5) is 0 Å². The van der Waals surface area contributed by atoms with E-state index in [0.717, 1.165) is 24.7 Å². The Morgan fingerprint density at radius 3 is 2.67 bits per heavy atom. The van der Waals surface area contributed by atoms with Crippen LogP contribution in [0.2, 0.25) is 0 Å². The molecule has 1 aromatic rings. The first-order valence-electron chi connectivity index (χ1n) is 4.49. The maximum atomic E-state index is 11.2. The molecule has 1 saturated carbocycles. The molecule has 2 rings (SSSR count). The molecule has 0 aliphatic heterocycles. The van der Waals surface area contributed by atoms with Crippen molar-refractivity contribution in [2.45, 2.75) is 23.9 Å². The van der Waals surface area contributed by atoms with Gasteiger partial charge in [-0.15, -0.1) is 0 Å². The summed E-state index contributed by atoms with van der Waals surface area (Å²) in [5.74, 6) is 0.341. The summed E-state index contributed by atoms with van der Waals surface area (Å²) in [5.41, 5.74) is 0.956. The molecule has 78 valence electrons. The van der Waals surface area contributed by atoms with Gasteiger partial charge in [-0.1, -0.05) is 0 Å². The number of hydrogen-bond acceptors (Lipinski definition) is 5. The van der Waals surface area contributed by atoms with E-state index in [2.05, 4.69) is 9.97 Å². The number of aromatic nitrogens is 2. The number of nitriles is 1. The standard InChI is InChI=1S/C9H9N3O2S/c1-15(13,14)9-11-5-7(6-2-3-6)8(4-10)12-9/h5-6H,2-3H2,1H3. The molecule has 0 unspecified atom stereocenters. The van der Waals surface area contributed by atoms with Gasteiger partial charge in [-0.2, -0.15) is 5.26 Å². The number of hydrogen-bond donors (Lipinski definition) is 0. The smallest absolute Gasteiger partial charge is 0.226 e. The highest BCUT2D eigenvalue weighted by atomic mass is 32.2. The molecule has 0 bridgehead atoms. The molecule has 0 amide bonds. The van der Waals surface area contributed by atoms with E-state index in [-0.39, 0.29) is 10.9 Å². The lowest BCUT2D eigenvalue weighted by molar-refractivity contribution is 0.592. The van der Waals surface area contributed by atoms with Crippen molar-refractivity contribution in [1.82, 2.24) is 9.97 Å². The van der Waals surface area contributed by atoms with Crippen LogP contribution in [0.5, 0.6) is 0 Å². The van der Waals surface area contributed by atoms with Gasteiger partial charge in [-0.05, 0) is 18.8 Å². The van der Waals surface area contributed by atoms with Crippen molar-refractivity contribution < 1.29 is 8.42 Å². The zero-order valence-corrected chi connectivity index (χ0v) is 8.95. The fourth-order valence-electron chi connectivity index (χ4n) is 1.34. The summed E-state index contributed by atoms with van der Waals surface area (Å²) in [4.78, 5) is 7.53. The molecule has 0 N–H and O–H groups in total. The monoisotopic (exact) mass is 223 g/mol. The Bertz CT molecular complexity index is 541. The van der Waals surface area contributed by atoms with Gasteiger partial charge in [0.25, 0.3) is 0 Å². The Morgan fingerprint density at radius 1 is 1.53 bits per heavy atom. The van der Waals surface area contributed by atoms with Gasteiger partial charge in [0.2, 0.25) is 15.0 Å². The Balaban J connectivity index is 2.53.